The van der Waals surface area contributed by atoms with Crippen molar-refractivity contribution in [1.29, 1.82) is 0 Å². The Balaban J connectivity index is 1.74. The molecule has 26 heavy (non-hydrogen) atoms. The average Bonchev–Trinajstić information content (AvgIpc) is 2.67. The van der Waals surface area contributed by atoms with Crippen molar-refractivity contribution in [1.82, 2.24) is 19.6 Å². The van der Waals surface area contributed by atoms with E-state index in [1.807, 2.05) is 18.7 Å². The maximum atomic E-state index is 12.5. The van der Waals surface area contributed by atoms with E-state index in [9.17, 15) is 13.2 Å². The number of piperazine rings is 1. The summed E-state index contributed by atoms with van der Waals surface area (Å²) in [5.74, 6) is 0.718. The first-order chi connectivity index (χ1) is 12.5. The molecule has 0 aromatic carbocycles. The zero-order chi connectivity index (χ0) is 19.0. The number of amides is 1. The molecule has 1 fully saturated rings. The highest BCUT2D eigenvalue weighted by atomic mass is 32.2. The molecule has 1 aromatic heterocycles. The van der Waals surface area contributed by atoms with Crippen LogP contribution in [0.15, 0.2) is 18.5 Å². The molecule has 2 heterocycles. The molecule has 1 aromatic rings. The Hall–Kier alpha value is -1.74. The van der Waals surface area contributed by atoms with Crippen LogP contribution in [-0.2, 0) is 14.8 Å². The quantitative estimate of drug-likeness (QED) is 0.636. The third-order valence-electron chi connectivity index (χ3n) is 4.70. The van der Waals surface area contributed by atoms with Crippen LogP contribution in [0.3, 0.4) is 0 Å². The number of hydrogen-bond donors (Lipinski definition) is 1. The average molecular weight is 384 g/mol. The molecule has 1 saturated heterocycles. The van der Waals surface area contributed by atoms with Gasteiger partial charge in [-0.05, 0) is 25.3 Å². The van der Waals surface area contributed by atoms with Crippen LogP contribution < -0.4 is 10.2 Å². The van der Waals surface area contributed by atoms with Crippen LogP contribution in [0.25, 0.3) is 0 Å². The topological polar surface area (TPSA) is 95.5 Å². The van der Waals surface area contributed by atoms with Gasteiger partial charge in [0.25, 0.3) is 0 Å². The molecule has 8 nitrogen and oxygen atoms in total. The SMILES string of the molecule is CCC(CC)C(=O)NCCCS(=O)(=O)N1CCN(c2ncccn2)CC1. The summed E-state index contributed by atoms with van der Waals surface area (Å²) in [6.07, 6.45) is 5.39. The number of carbonyl (C=O) groups is 1. The lowest BCUT2D eigenvalue weighted by Gasteiger charge is -2.33. The van der Waals surface area contributed by atoms with Gasteiger partial charge in [-0.15, -0.1) is 0 Å². The second kappa shape index (κ2) is 9.82. The van der Waals surface area contributed by atoms with Gasteiger partial charge in [0.05, 0.1) is 5.75 Å². The number of anilines is 1. The summed E-state index contributed by atoms with van der Waals surface area (Å²) in [6.45, 7) is 6.38. The molecule has 0 atom stereocenters. The zero-order valence-electron chi connectivity index (χ0n) is 15.6. The molecule has 1 aliphatic heterocycles. The lowest BCUT2D eigenvalue weighted by molar-refractivity contribution is -0.125. The van der Waals surface area contributed by atoms with Gasteiger partial charge in [-0.25, -0.2) is 18.4 Å². The van der Waals surface area contributed by atoms with Crippen molar-refractivity contribution in [3.8, 4) is 0 Å². The number of sulfonamides is 1. The number of hydrogen-bond acceptors (Lipinski definition) is 6. The van der Waals surface area contributed by atoms with Crippen LogP contribution in [0, 0.1) is 5.92 Å². The molecule has 0 bridgehead atoms. The monoisotopic (exact) mass is 383 g/mol. The molecule has 0 radical (unpaired) electrons. The van der Waals surface area contributed by atoms with Gasteiger partial charge in [0.2, 0.25) is 21.9 Å². The minimum absolute atomic E-state index is 0.0138. The minimum atomic E-state index is -3.30. The number of nitrogens with one attached hydrogen (secondary N) is 1. The maximum absolute atomic E-state index is 12.5. The molecule has 1 aliphatic rings. The smallest absolute Gasteiger partial charge is 0.225 e. The van der Waals surface area contributed by atoms with Gasteiger partial charge in [0.1, 0.15) is 0 Å². The number of carbonyl (C=O) groups excluding carboxylic acids is 1. The van der Waals surface area contributed by atoms with E-state index in [0.717, 1.165) is 12.8 Å². The van der Waals surface area contributed by atoms with Crippen LogP contribution in [0.5, 0.6) is 0 Å². The number of aromatic nitrogens is 2. The minimum Gasteiger partial charge on any atom is -0.356 e. The molecule has 1 amide bonds. The lowest BCUT2D eigenvalue weighted by Crippen LogP contribution is -2.50. The summed E-state index contributed by atoms with van der Waals surface area (Å²) < 4.78 is 26.5. The van der Waals surface area contributed by atoms with E-state index in [-0.39, 0.29) is 17.6 Å². The summed E-state index contributed by atoms with van der Waals surface area (Å²) in [7, 11) is -3.30. The highest BCUT2D eigenvalue weighted by molar-refractivity contribution is 7.89. The fourth-order valence-corrected chi connectivity index (χ4v) is 4.51. The van der Waals surface area contributed by atoms with Crippen molar-refractivity contribution in [3.05, 3.63) is 18.5 Å². The fourth-order valence-electron chi connectivity index (χ4n) is 3.02. The van der Waals surface area contributed by atoms with Gasteiger partial charge in [-0.2, -0.15) is 4.31 Å². The second-order valence-electron chi connectivity index (χ2n) is 6.41. The van der Waals surface area contributed by atoms with Crippen molar-refractivity contribution >= 4 is 21.9 Å². The Bertz CT molecular complexity index is 656. The van der Waals surface area contributed by atoms with Crippen LogP contribution in [0.4, 0.5) is 5.95 Å². The first-order valence-electron chi connectivity index (χ1n) is 9.25. The van der Waals surface area contributed by atoms with E-state index in [1.54, 1.807) is 18.5 Å². The van der Waals surface area contributed by atoms with E-state index >= 15 is 0 Å². The van der Waals surface area contributed by atoms with E-state index in [2.05, 4.69) is 15.3 Å². The van der Waals surface area contributed by atoms with Gasteiger partial charge < -0.3 is 10.2 Å². The predicted octanol–water partition coefficient (Wildman–Crippen LogP) is 0.871. The Morgan fingerprint density at radius 3 is 2.35 bits per heavy atom. The van der Waals surface area contributed by atoms with Gasteiger partial charge in [-0.3, -0.25) is 4.79 Å². The summed E-state index contributed by atoms with van der Waals surface area (Å²) in [5.41, 5.74) is 0. The predicted molar refractivity (Wildman–Crippen MR) is 101 cm³/mol. The van der Waals surface area contributed by atoms with E-state index in [0.29, 0.717) is 45.1 Å². The fraction of sp³-hybridized carbons (Fsp3) is 0.706. The van der Waals surface area contributed by atoms with Crippen LogP contribution in [-0.4, -0.2) is 67.1 Å². The van der Waals surface area contributed by atoms with Crippen molar-refractivity contribution in [2.24, 2.45) is 5.92 Å². The van der Waals surface area contributed by atoms with Gasteiger partial charge in [0.15, 0.2) is 0 Å². The van der Waals surface area contributed by atoms with Crippen molar-refractivity contribution in [2.75, 3.05) is 43.4 Å². The number of nitrogens with zero attached hydrogens (tertiary/aromatic N) is 4. The Labute approximate surface area is 156 Å². The standard InChI is InChI=1S/C17H29N5O3S/c1-3-15(4-2)16(23)18-9-6-14-26(24,25)22-12-10-21(11-13-22)17-19-7-5-8-20-17/h5,7-8,15H,3-4,6,9-14H2,1-2H3,(H,18,23). The zero-order valence-corrected chi connectivity index (χ0v) is 16.4. The van der Waals surface area contributed by atoms with Gasteiger partial charge >= 0.3 is 0 Å². The molecule has 2 rings (SSSR count). The second-order valence-corrected chi connectivity index (χ2v) is 8.50. The largest absolute Gasteiger partial charge is 0.356 e. The maximum Gasteiger partial charge on any atom is 0.225 e. The molecule has 9 heteroatoms. The van der Waals surface area contributed by atoms with Crippen molar-refractivity contribution < 1.29 is 13.2 Å². The normalized spacial score (nSPS) is 16.0. The molecular formula is C17H29N5O3S. The van der Waals surface area contributed by atoms with Gasteiger partial charge in [-0.1, -0.05) is 13.8 Å². The molecule has 0 spiro atoms. The van der Waals surface area contributed by atoms with Crippen molar-refractivity contribution in [3.63, 3.8) is 0 Å². The molecule has 1 N–H and O–H groups in total. The van der Waals surface area contributed by atoms with Crippen LogP contribution >= 0.6 is 0 Å². The Kier molecular flexibility index (Phi) is 7.77. The summed E-state index contributed by atoms with van der Waals surface area (Å²) in [6, 6.07) is 1.76. The lowest BCUT2D eigenvalue weighted by atomic mass is 10.0. The highest BCUT2D eigenvalue weighted by Crippen LogP contribution is 2.13. The molecular weight excluding hydrogens is 354 g/mol. The molecule has 0 unspecified atom stereocenters. The molecule has 0 saturated carbocycles. The first-order valence-corrected chi connectivity index (χ1v) is 10.9. The van der Waals surface area contributed by atoms with E-state index < -0.39 is 10.0 Å². The van der Waals surface area contributed by atoms with E-state index in [1.165, 1.54) is 4.31 Å². The summed E-state index contributed by atoms with van der Waals surface area (Å²) >= 11 is 0. The van der Waals surface area contributed by atoms with Crippen LogP contribution in [0.2, 0.25) is 0 Å². The summed E-state index contributed by atoms with van der Waals surface area (Å²) in [5, 5.41) is 2.84. The Morgan fingerprint density at radius 1 is 1.15 bits per heavy atom. The molecule has 146 valence electrons. The van der Waals surface area contributed by atoms with Crippen LogP contribution in [0.1, 0.15) is 33.1 Å². The third kappa shape index (κ3) is 5.63. The third-order valence-corrected chi connectivity index (χ3v) is 6.66. The van der Waals surface area contributed by atoms with Crippen molar-refractivity contribution in [2.45, 2.75) is 33.1 Å². The first kappa shape index (κ1) is 20.6. The van der Waals surface area contributed by atoms with Gasteiger partial charge in [0, 0.05) is 51.0 Å². The Morgan fingerprint density at radius 2 is 1.77 bits per heavy atom. The van der Waals surface area contributed by atoms with E-state index in [4.69, 9.17) is 0 Å². The summed E-state index contributed by atoms with van der Waals surface area (Å²) in [4.78, 5) is 22.3. The molecule has 0 aliphatic carbocycles. The highest BCUT2D eigenvalue weighted by Gasteiger charge is 2.27. The number of rotatable bonds is 9.